The molecule has 118 valence electrons. The molecule has 0 saturated heterocycles. The largest absolute Gasteiger partial charge is 0.355 e. The van der Waals surface area contributed by atoms with Crippen LogP contribution >= 0.6 is 0 Å². The Bertz CT molecular complexity index is 1080. The van der Waals surface area contributed by atoms with E-state index in [0.29, 0.717) is 0 Å². The number of rotatable bonds is 0. The average molecular weight is 450 g/mol. The van der Waals surface area contributed by atoms with Gasteiger partial charge in [0.25, 0.3) is 0 Å². The maximum atomic E-state index is 4.62. The molecule has 4 nitrogen and oxygen atoms in total. The minimum Gasteiger partial charge on any atom is -0.355 e. The Kier molecular flexibility index (Phi) is 4.41. The number of H-pyrrole nitrogens is 2. The summed E-state index contributed by atoms with van der Waals surface area (Å²) in [5, 5.41) is 0. The van der Waals surface area contributed by atoms with Crippen LogP contribution in [0, 0.1) is 41.7 Å². The third kappa shape index (κ3) is 3.51. The Morgan fingerprint density at radius 2 is 0.840 bits per heavy atom. The Hall–Kier alpha value is -2.02. The zero-order valence-electron chi connectivity index (χ0n) is 13.3. The van der Waals surface area contributed by atoms with E-state index in [1.165, 1.54) is 0 Å². The van der Waals surface area contributed by atoms with Crippen molar-refractivity contribution in [3.63, 3.8) is 0 Å². The zero-order valence-corrected chi connectivity index (χ0v) is 16.5. The Morgan fingerprint density at radius 1 is 0.480 bits per heavy atom. The second kappa shape index (κ2) is 6.71. The van der Waals surface area contributed by atoms with Crippen molar-refractivity contribution >= 4 is 46.4 Å². The van der Waals surface area contributed by atoms with Gasteiger partial charge in [-0.15, -0.1) is 0 Å². The molecule has 0 unspecified atom stereocenters. The predicted octanol–water partition coefficient (Wildman–Crippen LogP) is 4.66. The number of hydrogen-bond acceptors (Lipinski definition) is 2. The molecule has 0 saturated carbocycles. The smallest absolute Gasteiger partial charge is 0.0659 e. The summed E-state index contributed by atoms with van der Waals surface area (Å²) in [7, 11) is 0. The molecule has 0 spiro atoms. The van der Waals surface area contributed by atoms with Crippen molar-refractivity contribution in [3.8, 4) is 0 Å². The summed E-state index contributed by atoms with van der Waals surface area (Å²) in [6.07, 6.45) is 8.05. The fraction of sp³-hybridized carbons (Fsp3) is 0. The number of hydrogen-bond donors (Lipinski definition) is 2. The fourth-order valence-electron chi connectivity index (χ4n) is 2.94. The maximum absolute atomic E-state index is 4.62. The van der Waals surface area contributed by atoms with E-state index in [1.54, 1.807) is 0 Å². The molecule has 0 radical (unpaired) electrons. The Labute approximate surface area is 178 Å². The van der Waals surface area contributed by atoms with Gasteiger partial charge in [0.15, 0.2) is 0 Å². The van der Waals surface area contributed by atoms with Gasteiger partial charge in [-0.25, -0.2) is 9.97 Å². The van der Waals surface area contributed by atoms with Crippen LogP contribution in [0.2, 0.25) is 0 Å². The third-order valence-corrected chi connectivity index (χ3v) is 4.04. The van der Waals surface area contributed by atoms with Gasteiger partial charge in [-0.3, -0.25) is 0 Å². The normalized spacial score (nSPS) is 12.2. The number of aromatic nitrogens is 4. The van der Waals surface area contributed by atoms with Crippen LogP contribution in [0.5, 0.6) is 0 Å². The first kappa shape index (κ1) is 16.4. The molecule has 5 rings (SSSR count). The van der Waals surface area contributed by atoms with Gasteiger partial charge in [0, 0.05) is 63.8 Å². The van der Waals surface area contributed by atoms with Crippen LogP contribution < -0.4 is 0 Å². The summed E-state index contributed by atoms with van der Waals surface area (Å²) >= 11 is 0. The number of nitrogens with zero attached hydrogens (tertiary/aromatic N) is 2. The van der Waals surface area contributed by atoms with Gasteiger partial charge in [0.1, 0.15) is 0 Å². The summed E-state index contributed by atoms with van der Waals surface area (Å²) in [5.41, 5.74) is 7.86. The van der Waals surface area contributed by atoms with E-state index in [2.05, 4.69) is 50.3 Å². The molecule has 0 aliphatic carbocycles. The van der Waals surface area contributed by atoms with Gasteiger partial charge in [-0.05, 0) is 72.8 Å². The van der Waals surface area contributed by atoms with E-state index in [-0.39, 0.29) is 41.7 Å². The molecule has 2 aliphatic heterocycles. The van der Waals surface area contributed by atoms with Crippen LogP contribution in [-0.4, -0.2) is 19.9 Å². The van der Waals surface area contributed by atoms with Crippen molar-refractivity contribution in [3.05, 3.63) is 71.3 Å². The van der Waals surface area contributed by atoms with Crippen molar-refractivity contribution in [2.45, 2.75) is 0 Å². The topological polar surface area (TPSA) is 57.4 Å². The third-order valence-electron chi connectivity index (χ3n) is 4.04. The fourth-order valence-corrected chi connectivity index (χ4v) is 2.94. The van der Waals surface area contributed by atoms with E-state index in [4.69, 9.17) is 0 Å². The van der Waals surface area contributed by atoms with Crippen molar-refractivity contribution in [2.24, 2.45) is 0 Å². The molecular formula is C20H14CeN4. The zero-order chi connectivity index (χ0) is 15.9. The minimum atomic E-state index is 0. The molecule has 2 N–H and O–H groups in total. The van der Waals surface area contributed by atoms with Crippen LogP contribution in [0.15, 0.2) is 48.5 Å². The van der Waals surface area contributed by atoms with Gasteiger partial charge in [-0.2, -0.15) is 0 Å². The molecule has 0 atom stereocenters. The SMILES string of the molecule is C1=Cc2cc3ccc(cc4ccc(cc5nc(cc1n2)C=C5)[nH]4)[nH]3.[Ce]. The van der Waals surface area contributed by atoms with E-state index in [9.17, 15) is 0 Å². The van der Waals surface area contributed by atoms with Crippen LogP contribution in [-0.2, 0) is 0 Å². The second-order valence-corrected chi connectivity index (χ2v) is 5.91. The molecular weight excluding hydrogens is 436 g/mol. The molecule has 2 aliphatic rings. The van der Waals surface area contributed by atoms with Crippen molar-refractivity contribution in [1.29, 1.82) is 0 Å². The number of aromatic amines is 2. The second-order valence-electron chi connectivity index (χ2n) is 5.91. The van der Waals surface area contributed by atoms with Crippen molar-refractivity contribution < 1.29 is 41.7 Å². The average Bonchev–Trinajstić information content (AvgIpc) is 3.32. The maximum Gasteiger partial charge on any atom is 0.0659 e. The molecule has 25 heavy (non-hydrogen) atoms. The van der Waals surface area contributed by atoms with Crippen LogP contribution in [0.3, 0.4) is 0 Å². The standard InChI is InChI=1S/C20H14N4.Ce/c1-2-14-10-16-5-6-18(23-16)12-20-8-7-19(24-20)11-17-4-3-15(22-17)9-13(1)21-14;/h1-12,21-22H;. The van der Waals surface area contributed by atoms with E-state index in [0.717, 1.165) is 44.8 Å². The summed E-state index contributed by atoms with van der Waals surface area (Å²) in [4.78, 5) is 16.0. The molecule has 5 heteroatoms. The molecule has 5 heterocycles. The van der Waals surface area contributed by atoms with Crippen molar-refractivity contribution in [2.75, 3.05) is 0 Å². The van der Waals surface area contributed by atoms with E-state index >= 15 is 0 Å². The summed E-state index contributed by atoms with van der Waals surface area (Å²) in [5.74, 6) is 0. The number of fused-ring (bicyclic) bond motifs is 8. The van der Waals surface area contributed by atoms with Gasteiger partial charge >= 0.3 is 0 Å². The predicted molar refractivity (Wildman–Crippen MR) is 98.9 cm³/mol. The van der Waals surface area contributed by atoms with E-state index in [1.807, 2.05) is 42.5 Å². The molecule has 0 amide bonds. The first-order valence-corrected chi connectivity index (χ1v) is 7.85. The van der Waals surface area contributed by atoms with Crippen LogP contribution in [0.25, 0.3) is 46.4 Å². The van der Waals surface area contributed by atoms with E-state index < -0.39 is 0 Å². The van der Waals surface area contributed by atoms with Crippen molar-refractivity contribution in [1.82, 2.24) is 19.9 Å². The molecule has 3 aromatic heterocycles. The minimum absolute atomic E-state index is 0. The molecule has 0 fully saturated rings. The molecule has 0 aromatic carbocycles. The van der Waals surface area contributed by atoms with Gasteiger partial charge < -0.3 is 9.97 Å². The van der Waals surface area contributed by atoms with Gasteiger partial charge in [0.05, 0.1) is 22.8 Å². The molecule has 3 aromatic rings. The summed E-state index contributed by atoms with van der Waals surface area (Å²) in [6.45, 7) is 0. The first-order chi connectivity index (χ1) is 11.8. The van der Waals surface area contributed by atoms with Gasteiger partial charge in [0.2, 0.25) is 0 Å². The summed E-state index contributed by atoms with van der Waals surface area (Å²) < 4.78 is 0. The number of nitrogens with one attached hydrogen (secondary N) is 2. The molecule has 8 bridgehead atoms. The summed E-state index contributed by atoms with van der Waals surface area (Å²) in [6, 6.07) is 16.4. The van der Waals surface area contributed by atoms with Crippen LogP contribution in [0.1, 0.15) is 22.8 Å². The van der Waals surface area contributed by atoms with Gasteiger partial charge in [-0.1, -0.05) is 0 Å². The monoisotopic (exact) mass is 450 g/mol. The Morgan fingerprint density at radius 3 is 1.28 bits per heavy atom. The van der Waals surface area contributed by atoms with Crippen LogP contribution in [0.4, 0.5) is 0 Å². The first-order valence-electron chi connectivity index (χ1n) is 7.85. The Balaban J connectivity index is 0.00000157. The quantitative estimate of drug-likeness (QED) is 0.361.